The Balaban J connectivity index is 0.00000103. The van der Waals surface area contributed by atoms with Gasteiger partial charge in [0, 0.05) is 16.7 Å². The SMILES string of the molecule is CC(C)(C)c1cccc(Cn2cc(-c3cc(-c4ccc(F)c(F)c4)nc(N)n3)nn2)n1.O=C=O. The summed E-state index contributed by atoms with van der Waals surface area (Å²) in [5.41, 5.74) is 9.26. The summed E-state index contributed by atoms with van der Waals surface area (Å²) in [7, 11) is 0. The van der Waals surface area contributed by atoms with Gasteiger partial charge in [0.05, 0.1) is 29.8 Å². The van der Waals surface area contributed by atoms with E-state index in [1.54, 1.807) is 16.9 Å². The number of nitrogens with zero attached hydrogens (tertiary/aromatic N) is 6. The Morgan fingerprint density at radius 2 is 1.65 bits per heavy atom. The van der Waals surface area contributed by atoms with Crippen molar-refractivity contribution in [1.82, 2.24) is 29.9 Å². The van der Waals surface area contributed by atoms with Gasteiger partial charge in [0.25, 0.3) is 0 Å². The summed E-state index contributed by atoms with van der Waals surface area (Å²) < 4.78 is 28.5. The molecule has 3 aromatic heterocycles. The van der Waals surface area contributed by atoms with Crippen molar-refractivity contribution >= 4 is 12.1 Å². The van der Waals surface area contributed by atoms with E-state index in [9.17, 15) is 8.78 Å². The monoisotopic (exact) mass is 465 g/mol. The summed E-state index contributed by atoms with van der Waals surface area (Å²) >= 11 is 0. The predicted molar refractivity (Wildman–Crippen MR) is 118 cm³/mol. The van der Waals surface area contributed by atoms with Gasteiger partial charge in [-0.05, 0) is 36.4 Å². The molecule has 34 heavy (non-hydrogen) atoms. The lowest BCUT2D eigenvalue weighted by molar-refractivity contribution is -0.191. The third-order valence-electron chi connectivity index (χ3n) is 4.66. The van der Waals surface area contributed by atoms with Crippen LogP contribution >= 0.6 is 0 Å². The lowest BCUT2D eigenvalue weighted by atomic mass is 9.91. The van der Waals surface area contributed by atoms with Crippen LogP contribution in [0.5, 0.6) is 0 Å². The lowest BCUT2D eigenvalue weighted by Gasteiger charge is -2.18. The van der Waals surface area contributed by atoms with E-state index in [2.05, 4.69) is 41.1 Å². The number of pyridine rings is 1. The molecule has 11 heteroatoms. The molecule has 0 saturated heterocycles. The van der Waals surface area contributed by atoms with Crippen LogP contribution in [-0.4, -0.2) is 36.1 Å². The fourth-order valence-electron chi connectivity index (χ4n) is 3.04. The zero-order valence-electron chi connectivity index (χ0n) is 18.7. The van der Waals surface area contributed by atoms with Gasteiger partial charge in [-0.3, -0.25) is 4.98 Å². The van der Waals surface area contributed by atoms with Crippen LogP contribution in [0.1, 0.15) is 32.2 Å². The number of carbonyl (C=O) groups excluding carboxylic acids is 2. The van der Waals surface area contributed by atoms with Crippen molar-refractivity contribution in [1.29, 1.82) is 0 Å². The topological polar surface area (TPSA) is 130 Å². The Morgan fingerprint density at radius 3 is 2.32 bits per heavy atom. The largest absolute Gasteiger partial charge is 0.373 e. The highest BCUT2D eigenvalue weighted by Crippen LogP contribution is 2.25. The second-order valence-corrected chi connectivity index (χ2v) is 8.27. The van der Waals surface area contributed by atoms with Crippen LogP contribution in [0.4, 0.5) is 14.7 Å². The van der Waals surface area contributed by atoms with Gasteiger partial charge in [0.2, 0.25) is 5.95 Å². The Kier molecular flexibility index (Phi) is 7.18. The Hall–Kier alpha value is -4.37. The standard InChI is InChI=1S/C22H21F2N7.CO2/c1-22(2,3)20-6-4-5-14(26-20)11-31-12-19(29-30-31)18-10-17(27-21(25)28-18)13-7-8-15(23)16(24)9-13;2-1-3/h4-10,12H,11H2,1-3H3,(H2,25,27,28);. The number of nitrogen functional groups attached to an aromatic ring is 1. The summed E-state index contributed by atoms with van der Waals surface area (Å²) in [6.45, 7) is 6.76. The fraction of sp³-hybridized carbons (Fsp3) is 0.217. The molecule has 2 N–H and O–H groups in total. The Bertz CT molecular complexity index is 1340. The van der Waals surface area contributed by atoms with E-state index in [0.29, 0.717) is 29.2 Å². The predicted octanol–water partition coefficient (Wildman–Crippen LogP) is 3.42. The molecule has 0 fully saturated rings. The Morgan fingerprint density at radius 1 is 0.941 bits per heavy atom. The van der Waals surface area contributed by atoms with E-state index in [1.165, 1.54) is 6.07 Å². The molecule has 0 bridgehead atoms. The van der Waals surface area contributed by atoms with Crippen molar-refractivity contribution in [2.24, 2.45) is 0 Å². The summed E-state index contributed by atoms with van der Waals surface area (Å²) in [4.78, 5) is 29.3. The first-order chi connectivity index (χ1) is 16.1. The molecule has 0 aliphatic rings. The van der Waals surface area contributed by atoms with E-state index in [1.807, 2.05) is 18.2 Å². The number of hydrogen-bond acceptors (Lipinski definition) is 8. The maximum atomic E-state index is 13.6. The summed E-state index contributed by atoms with van der Waals surface area (Å²) in [6.07, 6.45) is 1.97. The zero-order valence-corrected chi connectivity index (χ0v) is 18.7. The first kappa shape index (κ1) is 24.3. The van der Waals surface area contributed by atoms with E-state index < -0.39 is 11.6 Å². The average molecular weight is 465 g/mol. The van der Waals surface area contributed by atoms with Gasteiger partial charge in [0.15, 0.2) is 11.6 Å². The summed E-state index contributed by atoms with van der Waals surface area (Å²) in [5.74, 6) is -1.91. The van der Waals surface area contributed by atoms with Crippen LogP contribution in [0.2, 0.25) is 0 Å². The molecular formula is C23H21F2N7O2. The van der Waals surface area contributed by atoms with Crippen molar-refractivity contribution in [2.75, 3.05) is 5.73 Å². The average Bonchev–Trinajstić information content (AvgIpc) is 3.24. The van der Waals surface area contributed by atoms with Gasteiger partial charge in [-0.1, -0.05) is 32.1 Å². The first-order valence-electron chi connectivity index (χ1n) is 10.1. The molecule has 0 amide bonds. The number of anilines is 1. The van der Waals surface area contributed by atoms with Crippen molar-refractivity contribution in [3.8, 4) is 22.6 Å². The van der Waals surface area contributed by atoms with Crippen LogP contribution in [0.25, 0.3) is 22.6 Å². The van der Waals surface area contributed by atoms with E-state index in [4.69, 9.17) is 20.3 Å². The molecule has 1 aromatic carbocycles. The van der Waals surface area contributed by atoms with Crippen LogP contribution in [0.15, 0.2) is 48.7 Å². The maximum Gasteiger partial charge on any atom is 0.373 e. The highest BCUT2D eigenvalue weighted by Gasteiger charge is 2.16. The third kappa shape index (κ3) is 5.90. The molecule has 9 nitrogen and oxygen atoms in total. The minimum absolute atomic E-state index is 0.00803. The van der Waals surface area contributed by atoms with Crippen LogP contribution < -0.4 is 5.73 Å². The number of rotatable bonds is 4. The van der Waals surface area contributed by atoms with Crippen molar-refractivity contribution in [2.45, 2.75) is 32.7 Å². The molecular weight excluding hydrogens is 444 g/mol. The molecule has 0 radical (unpaired) electrons. The van der Waals surface area contributed by atoms with Crippen molar-refractivity contribution in [3.05, 3.63) is 71.7 Å². The summed E-state index contributed by atoms with van der Waals surface area (Å²) in [6, 6.07) is 11.0. The zero-order chi connectivity index (χ0) is 24.9. The maximum absolute atomic E-state index is 13.6. The number of halogens is 2. The van der Waals surface area contributed by atoms with Gasteiger partial charge in [-0.2, -0.15) is 9.59 Å². The van der Waals surface area contributed by atoms with E-state index in [0.717, 1.165) is 23.5 Å². The molecule has 0 atom stereocenters. The number of aromatic nitrogens is 6. The third-order valence-corrected chi connectivity index (χ3v) is 4.66. The second-order valence-electron chi connectivity index (χ2n) is 8.27. The van der Waals surface area contributed by atoms with Gasteiger partial charge in [-0.15, -0.1) is 5.10 Å². The van der Waals surface area contributed by atoms with Crippen LogP contribution in [-0.2, 0) is 21.5 Å². The molecule has 0 unspecified atom stereocenters. The molecule has 0 spiro atoms. The molecule has 4 aromatic rings. The molecule has 0 aliphatic carbocycles. The smallest absolute Gasteiger partial charge is 0.368 e. The van der Waals surface area contributed by atoms with Gasteiger partial charge in [0.1, 0.15) is 5.69 Å². The van der Waals surface area contributed by atoms with E-state index in [-0.39, 0.29) is 17.5 Å². The molecule has 0 aliphatic heterocycles. The highest BCUT2D eigenvalue weighted by molar-refractivity contribution is 5.67. The molecule has 174 valence electrons. The van der Waals surface area contributed by atoms with Crippen molar-refractivity contribution < 1.29 is 18.4 Å². The van der Waals surface area contributed by atoms with Crippen LogP contribution in [0, 0.1) is 11.6 Å². The lowest BCUT2D eigenvalue weighted by Crippen LogP contribution is -2.15. The molecule has 3 heterocycles. The number of hydrogen-bond donors (Lipinski definition) is 1. The minimum atomic E-state index is -0.966. The van der Waals surface area contributed by atoms with E-state index >= 15 is 0 Å². The molecule has 4 rings (SSSR count). The normalized spacial score (nSPS) is 10.9. The van der Waals surface area contributed by atoms with Crippen LogP contribution in [0.3, 0.4) is 0 Å². The second kappa shape index (κ2) is 10.1. The first-order valence-corrected chi connectivity index (χ1v) is 10.1. The number of benzene rings is 1. The quantitative estimate of drug-likeness (QED) is 0.485. The molecule has 0 saturated carbocycles. The van der Waals surface area contributed by atoms with Gasteiger partial charge >= 0.3 is 6.15 Å². The number of nitrogens with two attached hydrogens (primary N) is 1. The van der Waals surface area contributed by atoms with Gasteiger partial charge < -0.3 is 5.73 Å². The summed E-state index contributed by atoms with van der Waals surface area (Å²) in [5, 5.41) is 8.32. The van der Waals surface area contributed by atoms with Crippen molar-refractivity contribution in [3.63, 3.8) is 0 Å². The van der Waals surface area contributed by atoms with Gasteiger partial charge in [-0.25, -0.2) is 23.4 Å². The fourth-order valence-corrected chi connectivity index (χ4v) is 3.04. The highest BCUT2D eigenvalue weighted by atomic mass is 19.2. The minimum Gasteiger partial charge on any atom is -0.368 e. The Labute approximate surface area is 193 Å².